The Kier molecular flexibility index (Phi) is 5.08. The Morgan fingerprint density at radius 3 is 2.60 bits per heavy atom. The maximum Gasteiger partial charge on any atom is 0.224 e. The summed E-state index contributed by atoms with van der Waals surface area (Å²) in [5.74, 6) is 0.00379. The van der Waals surface area contributed by atoms with E-state index in [1.165, 1.54) is 11.8 Å². The highest BCUT2D eigenvalue weighted by Crippen LogP contribution is 2.24. The first kappa shape index (κ1) is 17.5. The average Bonchev–Trinajstić information content (AvgIpc) is 2.96. The zero-order valence-corrected chi connectivity index (χ0v) is 15.8. The van der Waals surface area contributed by atoms with Gasteiger partial charge in [0, 0.05) is 42.0 Å². The number of carbonyl (C=O) groups is 1. The highest BCUT2D eigenvalue weighted by atomic mass is 32.2. The van der Waals surface area contributed by atoms with Gasteiger partial charge < -0.3 is 9.88 Å². The lowest BCUT2D eigenvalue weighted by Gasteiger charge is -2.11. The minimum atomic E-state index is 0.00379. The lowest BCUT2D eigenvalue weighted by atomic mass is 10.1. The van der Waals surface area contributed by atoms with Crippen molar-refractivity contribution in [1.82, 2.24) is 14.5 Å². The number of amides is 1. The van der Waals surface area contributed by atoms with E-state index in [2.05, 4.69) is 15.3 Å². The van der Waals surface area contributed by atoms with Gasteiger partial charge in [-0.2, -0.15) is 0 Å². The van der Waals surface area contributed by atoms with Crippen molar-refractivity contribution in [2.75, 3.05) is 11.6 Å². The number of nitrogens with one attached hydrogen (secondary N) is 1. The SMILES string of the molecule is CSc1nc(C)c(CCC(=O)Nc2cccc3c2ccn3C)c(C)n1. The van der Waals surface area contributed by atoms with Crippen molar-refractivity contribution in [3.8, 4) is 0 Å². The number of anilines is 1. The van der Waals surface area contributed by atoms with Crippen LogP contribution in [0.5, 0.6) is 0 Å². The maximum atomic E-state index is 12.4. The Labute approximate surface area is 151 Å². The molecule has 0 atom stereocenters. The number of thioether (sulfide) groups is 1. The van der Waals surface area contributed by atoms with E-state index in [0.717, 1.165) is 38.7 Å². The molecule has 2 heterocycles. The fourth-order valence-corrected chi connectivity index (χ4v) is 3.48. The van der Waals surface area contributed by atoms with E-state index in [1.54, 1.807) is 0 Å². The molecular formula is C19H22N4OS. The van der Waals surface area contributed by atoms with Gasteiger partial charge in [-0.1, -0.05) is 17.8 Å². The molecule has 0 saturated carbocycles. The third kappa shape index (κ3) is 3.69. The van der Waals surface area contributed by atoms with Crippen molar-refractivity contribution < 1.29 is 4.79 Å². The summed E-state index contributed by atoms with van der Waals surface area (Å²) in [5, 5.41) is 4.86. The van der Waals surface area contributed by atoms with Gasteiger partial charge in [-0.3, -0.25) is 4.79 Å². The number of aryl methyl sites for hydroxylation is 3. The Balaban J connectivity index is 1.71. The van der Waals surface area contributed by atoms with Crippen molar-refractivity contribution in [1.29, 1.82) is 0 Å². The molecule has 25 heavy (non-hydrogen) atoms. The molecule has 0 spiro atoms. The molecule has 0 fully saturated rings. The molecule has 0 aliphatic rings. The minimum absolute atomic E-state index is 0.00379. The molecule has 3 rings (SSSR count). The largest absolute Gasteiger partial charge is 0.350 e. The molecule has 5 nitrogen and oxygen atoms in total. The van der Waals surface area contributed by atoms with Crippen molar-refractivity contribution in [3.05, 3.63) is 47.4 Å². The molecule has 0 unspecified atom stereocenters. The Morgan fingerprint density at radius 2 is 1.92 bits per heavy atom. The van der Waals surface area contributed by atoms with Crippen LogP contribution >= 0.6 is 11.8 Å². The number of nitrogens with zero attached hydrogens (tertiary/aromatic N) is 3. The Bertz CT molecular complexity index is 909. The van der Waals surface area contributed by atoms with Gasteiger partial charge in [0.2, 0.25) is 5.91 Å². The summed E-state index contributed by atoms with van der Waals surface area (Å²) in [7, 11) is 2.00. The summed E-state index contributed by atoms with van der Waals surface area (Å²) < 4.78 is 2.04. The first-order valence-corrected chi connectivity index (χ1v) is 9.44. The van der Waals surface area contributed by atoms with Gasteiger partial charge in [0.25, 0.3) is 0 Å². The fraction of sp³-hybridized carbons (Fsp3) is 0.316. The quantitative estimate of drug-likeness (QED) is 0.558. The van der Waals surface area contributed by atoms with E-state index in [9.17, 15) is 4.79 Å². The van der Waals surface area contributed by atoms with Crippen LogP contribution in [-0.2, 0) is 18.3 Å². The summed E-state index contributed by atoms with van der Waals surface area (Å²) in [6.45, 7) is 3.96. The Morgan fingerprint density at radius 1 is 1.20 bits per heavy atom. The maximum absolute atomic E-state index is 12.4. The lowest BCUT2D eigenvalue weighted by molar-refractivity contribution is -0.116. The molecule has 1 N–H and O–H groups in total. The molecule has 2 aromatic heterocycles. The predicted molar refractivity (Wildman–Crippen MR) is 103 cm³/mol. The first-order chi connectivity index (χ1) is 12.0. The van der Waals surface area contributed by atoms with Crippen LogP contribution in [-0.4, -0.2) is 26.7 Å². The monoisotopic (exact) mass is 354 g/mol. The smallest absolute Gasteiger partial charge is 0.224 e. The van der Waals surface area contributed by atoms with Crippen molar-refractivity contribution in [2.45, 2.75) is 31.8 Å². The van der Waals surface area contributed by atoms with Gasteiger partial charge in [-0.25, -0.2) is 9.97 Å². The third-order valence-electron chi connectivity index (χ3n) is 4.39. The van der Waals surface area contributed by atoms with E-state index < -0.39 is 0 Å². The van der Waals surface area contributed by atoms with Gasteiger partial charge >= 0.3 is 0 Å². The van der Waals surface area contributed by atoms with Gasteiger partial charge in [0.1, 0.15) is 0 Å². The number of hydrogen-bond acceptors (Lipinski definition) is 4. The van der Waals surface area contributed by atoms with Gasteiger partial charge in [-0.15, -0.1) is 0 Å². The number of aromatic nitrogens is 3. The topological polar surface area (TPSA) is 59.8 Å². The van der Waals surface area contributed by atoms with E-state index in [4.69, 9.17) is 0 Å². The van der Waals surface area contributed by atoms with Crippen molar-refractivity contribution >= 4 is 34.3 Å². The standard InChI is InChI=1S/C19H22N4OS/c1-12-14(13(2)21-19(20-12)25-4)8-9-18(24)22-16-6-5-7-17-15(16)10-11-23(17)3/h5-7,10-11H,8-9H2,1-4H3,(H,22,24). The summed E-state index contributed by atoms with van der Waals surface area (Å²) in [6.07, 6.45) is 5.01. The fourth-order valence-electron chi connectivity index (χ4n) is 3.02. The molecule has 0 radical (unpaired) electrons. The summed E-state index contributed by atoms with van der Waals surface area (Å²) in [6, 6.07) is 7.96. The normalized spacial score (nSPS) is 11.0. The summed E-state index contributed by atoms with van der Waals surface area (Å²) in [4.78, 5) is 21.4. The number of benzene rings is 1. The van der Waals surface area contributed by atoms with Crippen LogP contribution < -0.4 is 5.32 Å². The average molecular weight is 354 g/mol. The van der Waals surface area contributed by atoms with Gasteiger partial charge in [-0.05, 0) is 50.3 Å². The van der Waals surface area contributed by atoms with E-state index in [-0.39, 0.29) is 5.91 Å². The second-order valence-electron chi connectivity index (χ2n) is 6.07. The van der Waals surface area contributed by atoms with Crippen molar-refractivity contribution in [3.63, 3.8) is 0 Å². The van der Waals surface area contributed by atoms with Crippen LogP contribution in [0.15, 0.2) is 35.6 Å². The molecule has 0 aliphatic heterocycles. The molecular weight excluding hydrogens is 332 g/mol. The molecule has 130 valence electrons. The van der Waals surface area contributed by atoms with Crippen molar-refractivity contribution in [2.24, 2.45) is 7.05 Å². The number of rotatable bonds is 5. The van der Waals surface area contributed by atoms with Crippen LogP contribution in [0.2, 0.25) is 0 Å². The molecule has 1 amide bonds. The molecule has 0 saturated heterocycles. The predicted octanol–water partition coefficient (Wildman–Crippen LogP) is 3.88. The van der Waals surface area contributed by atoms with Gasteiger partial charge in [0.15, 0.2) is 5.16 Å². The molecule has 6 heteroatoms. The van der Waals surface area contributed by atoms with Crippen LogP contribution in [0.1, 0.15) is 23.4 Å². The van der Waals surface area contributed by atoms with E-state index >= 15 is 0 Å². The molecule has 3 aromatic rings. The highest BCUT2D eigenvalue weighted by molar-refractivity contribution is 7.98. The zero-order chi connectivity index (χ0) is 18.0. The lowest BCUT2D eigenvalue weighted by Crippen LogP contribution is -2.14. The van der Waals surface area contributed by atoms with E-state index in [1.807, 2.05) is 62.2 Å². The third-order valence-corrected chi connectivity index (χ3v) is 4.93. The number of hydrogen-bond donors (Lipinski definition) is 1. The molecule has 1 aromatic carbocycles. The zero-order valence-electron chi connectivity index (χ0n) is 15.0. The second kappa shape index (κ2) is 7.27. The second-order valence-corrected chi connectivity index (χ2v) is 6.85. The van der Waals surface area contributed by atoms with Crippen LogP contribution in [0.4, 0.5) is 5.69 Å². The van der Waals surface area contributed by atoms with Crippen LogP contribution in [0.25, 0.3) is 10.9 Å². The minimum Gasteiger partial charge on any atom is -0.350 e. The van der Waals surface area contributed by atoms with Crippen LogP contribution in [0, 0.1) is 13.8 Å². The summed E-state index contributed by atoms with van der Waals surface area (Å²) in [5.41, 5.74) is 4.92. The Hall–Kier alpha value is -2.34. The van der Waals surface area contributed by atoms with Crippen LogP contribution in [0.3, 0.4) is 0 Å². The summed E-state index contributed by atoms with van der Waals surface area (Å²) >= 11 is 1.53. The molecule has 0 aliphatic carbocycles. The number of fused-ring (bicyclic) bond motifs is 1. The van der Waals surface area contributed by atoms with Gasteiger partial charge in [0.05, 0.1) is 5.69 Å². The first-order valence-electron chi connectivity index (χ1n) is 8.21. The van der Waals surface area contributed by atoms with E-state index in [0.29, 0.717) is 12.8 Å². The number of carbonyl (C=O) groups excluding carboxylic acids is 1. The molecule has 0 bridgehead atoms. The highest BCUT2D eigenvalue weighted by Gasteiger charge is 2.12.